The minimum absolute atomic E-state index is 0.233. The highest BCUT2D eigenvalue weighted by atomic mass is 35.5. The van der Waals surface area contributed by atoms with Crippen molar-refractivity contribution in [1.29, 1.82) is 0 Å². The van der Waals surface area contributed by atoms with Crippen molar-refractivity contribution >= 4 is 29.3 Å². The van der Waals surface area contributed by atoms with Crippen molar-refractivity contribution in [3.63, 3.8) is 0 Å². The van der Waals surface area contributed by atoms with Gasteiger partial charge in [0.05, 0.1) is 7.11 Å². The number of carbonyl (C=O) groups is 1. The lowest BCUT2D eigenvalue weighted by atomic mass is 10.2. The number of halogens is 1. The number of rotatable bonds is 12. The summed E-state index contributed by atoms with van der Waals surface area (Å²) >= 11 is 5.97. The van der Waals surface area contributed by atoms with Crippen molar-refractivity contribution in [3.05, 3.63) is 59.1 Å². The third kappa shape index (κ3) is 8.09. The van der Waals surface area contributed by atoms with Crippen molar-refractivity contribution in [2.24, 2.45) is 0 Å². The first-order valence-electron chi connectivity index (χ1n) is 10.3. The summed E-state index contributed by atoms with van der Waals surface area (Å²) < 4.78 is 11.4. The van der Waals surface area contributed by atoms with Gasteiger partial charge in [-0.3, -0.25) is 9.69 Å². The summed E-state index contributed by atoms with van der Waals surface area (Å²) in [5.74, 6) is 1.02. The SMILES string of the molecule is CCCN(CCC)CCOc1cc(NC(=O)/C=C/c2cccc(Cl)c2)ccc1OC. The summed E-state index contributed by atoms with van der Waals surface area (Å²) in [5, 5.41) is 3.48. The van der Waals surface area contributed by atoms with E-state index >= 15 is 0 Å². The molecule has 2 aromatic carbocycles. The van der Waals surface area contributed by atoms with Crippen LogP contribution in [-0.2, 0) is 4.79 Å². The van der Waals surface area contributed by atoms with E-state index < -0.39 is 0 Å². The second kappa shape index (κ2) is 12.9. The van der Waals surface area contributed by atoms with Crippen LogP contribution in [0.3, 0.4) is 0 Å². The number of hydrogen-bond donors (Lipinski definition) is 1. The zero-order valence-electron chi connectivity index (χ0n) is 18.0. The first-order valence-corrected chi connectivity index (χ1v) is 10.7. The van der Waals surface area contributed by atoms with Crippen molar-refractivity contribution < 1.29 is 14.3 Å². The molecule has 0 unspecified atom stereocenters. The van der Waals surface area contributed by atoms with Gasteiger partial charge in [-0.2, -0.15) is 0 Å². The fourth-order valence-corrected chi connectivity index (χ4v) is 3.28. The van der Waals surface area contributed by atoms with Crippen LogP contribution >= 0.6 is 11.6 Å². The van der Waals surface area contributed by atoms with Gasteiger partial charge in [-0.15, -0.1) is 0 Å². The van der Waals surface area contributed by atoms with E-state index in [1.54, 1.807) is 43.5 Å². The lowest BCUT2D eigenvalue weighted by molar-refractivity contribution is -0.111. The van der Waals surface area contributed by atoms with Gasteiger partial charge in [0, 0.05) is 29.4 Å². The van der Waals surface area contributed by atoms with E-state index in [-0.39, 0.29) is 5.91 Å². The molecule has 2 aromatic rings. The Morgan fingerprint density at radius 3 is 2.50 bits per heavy atom. The fourth-order valence-electron chi connectivity index (χ4n) is 3.09. The molecular formula is C24H31ClN2O3. The van der Waals surface area contributed by atoms with Crippen LogP contribution in [0.1, 0.15) is 32.3 Å². The quantitative estimate of drug-likeness (QED) is 0.451. The second-order valence-electron chi connectivity index (χ2n) is 6.93. The largest absolute Gasteiger partial charge is 0.493 e. The topological polar surface area (TPSA) is 50.8 Å². The summed E-state index contributed by atoms with van der Waals surface area (Å²) in [6.45, 7) is 7.89. The molecule has 0 spiro atoms. The number of methoxy groups -OCH3 is 1. The Balaban J connectivity index is 1.98. The molecule has 0 saturated heterocycles. The van der Waals surface area contributed by atoms with Gasteiger partial charge in [-0.25, -0.2) is 0 Å². The lowest BCUT2D eigenvalue weighted by Crippen LogP contribution is -2.30. The maximum Gasteiger partial charge on any atom is 0.248 e. The van der Waals surface area contributed by atoms with Crippen LogP contribution in [0.4, 0.5) is 5.69 Å². The predicted octanol–water partition coefficient (Wildman–Crippen LogP) is 5.50. The molecule has 6 heteroatoms. The average molecular weight is 431 g/mol. The monoisotopic (exact) mass is 430 g/mol. The van der Waals surface area contributed by atoms with Crippen molar-refractivity contribution in [2.75, 3.05) is 38.7 Å². The normalized spacial score (nSPS) is 11.1. The number of amides is 1. The Kier molecular flexibility index (Phi) is 10.3. The molecular weight excluding hydrogens is 400 g/mol. The van der Waals surface area contributed by atoms with Crippen molar-refractivity contribution in [3.8, 4) is 11.5 Å². The molecule has 0 saturated carbocycles. The molecule has 0 aromatic heterocycles. The molecule has 162 valence electrons. The zero-order chi connectivity index (χ0) is 21.8. The van der Waals surface area contributed by atoms with Crippen LogP contribution in [-0.4, -0.2) is 44.2 Å². The summed E-state index contributed by atoms with van der Waals surface area (Å²) in [7, 11) is 1.61. The van der Waals surface area contributed by atoms with Crippen molar-refractivity contribution in [1.82, 2.24) is 4.90 Å². The van der Waals surface area contributed by atoms with Gasteiger partial charge < -0.3 is 14.8 Å². The van der Waals surface area contributed by atoms with Crippen molar-refractivity contribution in [2.45, 2.75) is 26.7 Å². The maximum absolute atomic E-state index is 12.3. The summed E-state index contributed by atoms with van der Waals surface area (Å²) in [4.78, 5) is 14.7. The summed E-state index contributed by atoms with van der Waals surface area (Å²) in [5.41, 5.74) is 1.51. The number of hydrogen-bond acceptors (Lipinski definition) is 4. The number of benzene rings is 2. The van der Waals surface area contributed by atoms with Gasteiger partial charge in [-0.1, -0.05) is 37.6 Å². The van der Waals surface area contributed by atoms with Crippen LogP contribution in [0.5, 0.6) is 11.5 Å². The van der Waals surface area contributed by atoms with E-state index in [1.165, 1.54) is 6.08 Å². The van der Waals surface area contributed by atoms with Gasteiger partial charge in [-0.05, 0) is 61.8 Å². The van der Waals surface area contributed by atoms with Gasteiger partial charge in [0.25, 0.3) is 0 Å². The fraction of sp³-hybridized carbons (Fsp3) is 0.375. The first kappa shape index (κ1) is 23.8. The van der Waals surface area contributed by atoms with Crippen LogP contribution in [0.15, 0.2) is 48.5 Å². The number of nitrogens with one attached hydrogen (secondary N) is 1. The minimum Gasteiger partial charge on any atom is -0.493 e. The minimum atomic E-state index is -0.233. The number of anilines is 1. The van der Waals surface area contributed by atoms with E-state index in [0.717, 1.165) is 38.0 Å². The molecule has 0 aliphatic rings. The first-order chi connectivity index (χ1) is 14.5. The highest BCUT2D eigenvalue weighted by Gasteiger charge is 2.09. The Morgan fingerprint density at radius 1 is 1.07 bits per heavy atom. The number of carbonyl (C=O) groups excluding carboxylic acids is 1. The number of nitrogens with zero attached hydrogens (tertiary/aromatic N) is 1. The lowest BCUT2D eigenvalue weighted by Gasteiger charge is -2.21. The van der Waals surface area contributed by atoms with E-state index in [0.29, 0.717) is 28.8 Å². The second-order valence-corrected chi connectivity index (χ2v) is 7.37. The average Bonchev–Trinajstić information content (AvgIpc) is 2.73. The molecule has 0 bridgehead atoms. The number of ether oxygens (including phenoxy) is 2. The maximum atomic E-state index is 12.3. The van der Waals surface area contributed by atoms with Gasteiger partial charge in [0.1, 0.15) is 6.61 Å². The van der Waals surface area contributed by atoms with E-state index in [2.05, 4.69) is 24.1 Å². The standard InChI is InChI=1S/C24H31ClN2O3/c1-4-13-27(14-5-2)15-16-30-23-18-21(10-11-22(23)29-3)26-24(28)12-9-19-7-6-8-20(25)17-19/h6-12,17-18H,4-5,13-16H2,1-3H3,(H,26,28)/b12-9+. The molecule has 0 aliphatic carbocycles. The molecule has 0 aliphatic heterocycles. The van der Waals surface area contributed by atoms with Gasteiger partial charge in [0.15, 0.2) is 11.5 Å². The van der Waals surface area contributed by atoms with Gasteiger partial charge >= 0.3 is 0 Å². The zero-order valence-corrected chi connectivity index (χ0v) is 18.7. The highest BCUT2D eigenvalue weighted by Crippen LogP contribution is 2.30. The Morgan fingerprint density at radius 2 is 1.83 bits per heavy atom. The molecule has 0 fully saturated rings. The molecule has 0 atom stereocenters. The Bertz CT molecular complexity index is 833. The summed E-state index contributed by atoms with van der Waals surface area (Å²) in [6.07, 6.45) is 5.43. The summed E-state index contributed by atoms with van der Waals surface area (Å²) in [6, 6.07) is 12.7. The van der Waals surface area contributed by atoms with Crippen LogP contribution in [0, 0.1) is 0 Å². The molecule has 5 nitrogen and oxygen atoms in total. The molecule has 0 radical (unpaired) electrons. The van der Waals surface area contributed by atoms with Gasteiger partial charge in [0.2, 0.25) is 5.91 Å². The van der Waals surface area contributed by atoms with E-state index in [1.807, 2.05) is 12.1 Å². The molecule has 2 rings (SSSR count). The predicted molar refractivity (Wildman–Crippen MR) is 125 cm³/mol. The Hall–Kier alpha value is -2.50. The highest BCUT2D eigenvalue weighted by molar-refractivity contribution is 6.30. The Labute approximate surface area is 184 Å². The molecule has 1 amide bonds. The van der Waals surface area contributed by atoms with E-state index in [4.69, 9.17) is 21.1 Å². The van der Waals surface area contributed by atoms with Crippen LogP contribution in [0.2, 0.25) is 5.02 Å². The van der Waals surface area contributed by atoms with E-state index in [9.17, 15) is 4.79 Å². The molecule has 1 N–H and O–H groups in total. The molecule has 0 heterocycles. The smallest absolute Gasteiger partial charge is 0.248 e. The van der Waals surface area contributed by atoms with Crippen LogP contribution in [0.25, 0.3) is 6.08 Å². The third-order valence-electron chi connectivity index (χ3n) is 4.45. The van der Waals surface area contributed by atoms with Crippen LogP contribution < -0.4 is 14.8 Å². The third-order valence-corrected chi connectivity index (χ3v) is 4.69. The molecule has 30 heavy (non-hydrogen) atoms.